The number of rotatable bonds is 3. The van der Waals surface area contributed by atoms with Crippen LogP contribution in [0.2, 0.25) is 0 Å². The van der Waals surface area contributed by atoms with Crippen molar-refractivity contribution < 1.29 is 27.4 Å². The number of benzene rings is 1. The van der Waals surface area contributed by atoms with Gasteiger partial charge in [-0.25, -0.2) is 4.79 Å². The molecule has 1 aliphatic carbocycles. The molecular weight excluding hydrogens is 347 g/mol. The number of alkyl halides is 3. The number of nitrogens with zero attached hydrogens (tertiary/aromatic N) is 1. The number of hydrogen-bond acceptors (Lipinski definition) is 3. The van der Waals surface area contributed by atoms with E-state index in [1.54, 1.807) is 63.3 Å². The van der Waals surface area contributed by atoms with Crippen LogP contribution in [0, 0.1) is 0 Å². The van der Waals surface area contributed by atoms with E-state index in [9.17, 15) is 18.0 Å². The zero-order chi connectivity index (χ0) is 19.2. The summed E-state index contributed by atoms with van der Waals surface area (Å²) in [6, 6.07) is 8.67. The summed E-state index contributed by atoms with van der Waals surface area (Å²) in [5, 5.41) is 0. The van der Waals surface area contributed by atoms with Crippen molar-refractivity contribution in [3.8, 4) is 0 Å². The molecule has 1 unspecified atom stereocenters. The minimum atomic E-state index is -4.62. The van der Waals surface area contributed by atoms with Crippen LogP contribution in [-0.4, -0.2) is 40.5 Å². The molecule has 1 amide bonds. The topological polar surface area (TPSA) is 38.8 Å². The molecule has 7 heteroatoms. The van der Waals surface area contributed by atoms with Gasteiger partial charge in [0.2, 0.25) is 0 Å². The lowest BCUT2D eigenvalue weighted by molar-refractivity contribution is -0.276. The van der Waals surface area contributed by atoms with E-state index in [-0.39, 0.29) is 13.0 Å². The van der Waals surface area contributed by atoms with E-state index in [4.69, 9.17) is 9.47 Å². The van der Waals surface area contributed by atoms with E-state index in [0.29, 0.717) is 5.56 Å². The fourth-order valence-corrected chi connectivity index (χ4v) is 3.12. The van der Waals surface area contributed by atoms with Gasteiger partial charge in [0.25, 0.3) is 0 Å². The number of carbonyl (C=O) groups excluding carboxylic acids is 1. The van der Waals surface area contributed by atoms with Gasteiger partial charge in [-0.2, -0.15) is 13.2 Å². The smallest absolute Gasteiger partial charge is 0.419 e. The maximum atomic E-state index is 13.9. The molecule has 3 rings (SSSR count). The highest BCUT2D eigenvalue weighted by atomic mass is 19.4. The molecule has 26 heavy (non-hydrogen) atoms. The molecule has 0 saturated carbocycles. The van der Waals surface area contributed by atoms with Crippen LogP contribution in [0.25, 0.3) is 0 Å². The van der Waals surface area contributed by atoms with E-state index in [1.165, 1.54) is 0 Å². The van der Waals surface area contributed by atoms with Crippen molar-refractivity contribution >= 4 is 6.09 Å². The SMILES string of the molecule is CC(C)(C)OC(=O)N1CC(OCc2ccccc2)(C(F)(F)F)CC12C=C2. The van der Waals surface area contributed by atoms with Gasteiger partial charge in [-0.15, -0.1) is 0 Å². The van der Waals surface area contributed by atoms with Gasteiger partial charge in [0, 0.05) is 6.42 Å². The lowest BCUT2D eigenvalue weighted by Crippen LogP contribution is -2.50. The van der Waals surface area contributed by atoms with Crippen molar-refractivity contribution in [3.05, 3.63) is 48.0 Å². The van der Waals surface area contributed by atoms with E-state index in [0.717, 1.165) is 4.90 Å². The lowest BCUT2D eigenvalue weighted by atomic mass is 9.97. The van der Waals surface area contributed by atoms with Crippen LogP contribution >= 0.6 is 0 Å². The van der Waals surface area contributed by atoms with Gasteiger partial charge < -0.3 is 9.47 Å². The summed E-state index contributed by atoms with van der Waals surface area (Å²) >= 11 is 0. The van der Waals surface area contributed by atoms with E-state index in [2.05, 4.69) is 0 Å². The molecule has 1 spiro atoms. The van der Waals surface area contributed by atoms with Gasteiger partial charge in [0.15, 0.2) is 5.60 Å². The van der Waals surface area contributed by atoms with Crippen LogP contribution in [0.15, 0.2) is 42.5 Å². The Morgan fingerprint density at radius 1 is 1.15 bits per heavy atom. The summed E-state index contributed by atoms with van der Waals surface area (Å²) in [6.07, 6.45) is -2.55. The Balaban J connectivity index is 1.82. The molecule has 2 aliphatic rings. The zero-order valence-electron chi connectivity index (χ0n) is 15.0. The minimum absolute atomic E-state index is 0.182. The summed E-state index contributed by atoms with van der Waals surface area (Å²) in [7, 11) is 0. The third-order valence-electron chi connectivity index (χ3n) is 4.52. The molecule has 1 saturated heterocycles. The molecule has 1 aliphatic heterocycles. The first-order valence-corrected chi connectivity index (χ1v) is 8.42. The van der Waals surface area contributed by atoms with Crippen LogP contribution in [0.3, 0.4) is 0 Å². The average molecular weight is 369 g/mol. The summed E-state index contributed by atoms with van der Waals surface area (Å²) in [4.78, 5) is 13.6. The average Bonchev–Trinajstić information content (AvgIpc) is 3.18. The quantitative estimate of drug-likeness (QED) is 0.739. The molecule has 0 N–H and O–H groups in total. The normalized spacial score (nSPS) is 24.2. The van der Waals surface area contributed by atoms with Gasteiger partial charge in [0.1, 0.15) is 5.60 Å². The number of amides is 1. The van der Waals surface area contributed by atoms with E-state index in [1.807, 2.05) is 0 Å². The second-order valence-electron chi connectivity index (χ2n) is 7.83. The number of likely N-dealkylation sites (tertiary alicyclic amines) is 1. The molecule has 4 nitrogen and oxygen atoms in total. The Kier molecular flexibility index (Phi) is 4.34. The van der Waals surface area contributed by atoms with Crippen LogP contribution < -0.4 is 0 Å². The van der Waals surface area contributed by atoms with Crippen LogP contribution in [0.5, 0.6) is 0 Å². The fraction of sp³-hybridized carbons (Fsp3) is 0.526. The van der Waals surface area contributed by atoms with Crippen molar-refractivity contribution in [2.45, 2.75) is 56.7 Å². The Morgan fingerprint density at radius 2 is 1.77 bits per heavy atom. The summed E-state index contributed by atoms with van der Waals surface area (Å²) in [6.45, 7) is 4.26. The van der Waals surface area contributed by atoms with Crippen molar-refractivity contribution in [1.29, 1.82) is 0 Å². The monoisotopic (exact) mass is 369 g/mol. The fourth-order valence-electron chi connectivity index (χ4n) is 3.12. The van der Waals surface area contributed by atoms with Crippen LogP contribution in [0.1, 0.15) is 32.8 Å². The van der Waals surface area contributed by atoms with Crippen molar-refractivity contribution in [2.24, 2.45) is 0 Å². The summed E-state index contributed by atoms with van der Waals surface area (Å²) in [5.74, 6) is 0. The molecule has 1 atom stereocenters. The minimum Gasteiger partial charge on any atom is -0.444 e. The highest BCUT2D eigenvalue weighted by Gasteiger charge is 2.69. The van der Waals surface area contributed by atoms with E-state index >= 15 is 0 Å². The standard InChI is InChI=1S/C19H22F3NO3/c1-16(2,3)26-15(24)23-13-18(19(20,21)22,12-17(23)9-10-17)25-11-14-7-5-4-6-8-14/h4-10H,11-13H2,1-3H3. The maximum absolute atomic E-state index is 13.9. The molecule has 0 bridgehead atoms. The Bertz CT molecular complexity index is 703. The molecule has 0 radical (unpaired) electrons. The Labute approximate surface area is 150 Å². The van der Waals surface area contributed by atoms with Gasteiger partial charge >= 0.3 is 12.3 Å². The Hall–Kier alpha value is -2.02. The molecule has 1 aromatic rings. The second kappa shape index (κ2) is 6.01. The maximum Gasteiger partial charge on any atom is 0.419 e. The van der Waals surface area contributed by atoms with Gasteiger partial charge in [-0.1, -0.05) is 42.5 Å². The van der Waals surface area contributed by atoms with Crippen molar-refractivity contribution in [2.75, 3.05) is 6.54 Å². The predicted molar refractivity (Wildman–Crippen MR) is 89.4 cm³/mol. The highest BCUT2D eigenvalue weighted by Crippen LogP contribution is 2.53. The molecule has 1 aromatic carbocycles. The van der Waals surface area contributed by atoms with Crippen LogP contribution in [0.4, 0.5) is 18.0 Å². The molecule has 1 fully saturated rings. The molecule has 1 heterocycles. The molecule has 142 valence electrons. The van der Waals surface area contributed by atoms with Gasteiger partial charge in [0.05, 0.1) is 18.7 Å². The Morgan fingerprint density at radius 3 is 2.27 bits per heavy atom. The van der Waals surface area contributed by atoms with Gasteiger partial charge in [-0.3, -0.25) is 4.90 Å². The van der Waals surface area contributed by atoms with Crippen molar-refractivity contribution in [1.82, 2.24) is 4.90 Å². The largest absolute Gasteiger partial charge is 0.444 e. The molecular formula is C19H22F3NO3. The highest BCUT2D eigenvalue weighted by molar-refractivity contribution is 5.73. The van der Waals surface area contributed by atoms with E-state index < -0.39 is 35.6 Å². The second-order valence-corrected chi connectivity index (χ2v) is 7.83. The van der Waals surface area contributed by atoms with Crippen LogP contribution in [-0.2, 0) is 16.1 Å². The summed E-state index contributed by atoms with van der Waals surface area (Å²) < 4.78 is 52.5. The molecule has 0 aromatic heterocycles. The predicted octanol–water partition coefficient (Wildman–Crippen LogP) is 4.45. The first-order chi connectivity index (χ1) is 12.0. The first kappa shape index (κ1) is 18.8. The van der Waals surface area contributed by atoms with Gasteiger partial charge in [-0.05, 0) is 26.3 Å². The third-order valence-corrected chi connectivity index (χ3v) is 4.52. The summed E-state index contributed by atoms with van der Waals surface area (Å²) in [5.41, 5.74) is -3.62. The van der Waals surface area contributed by atoms with Crippen molar-refractivity contribution in [3.63, 3.8) is 0 Å². The third kappa shape index (κ3) is 3.58. The number of halogens is 3. The number of ether oxygens (including phenoxy) is 2. The zero-order valence-corrected chi connectivity index (χ0v) is 15.0. The first-order valence-electron chi connectivity index (χ1n) is 8.42. The lowest BCUT2D eigenvalue weighted by Gasteiger charge is -2.32. The number of carbonyl (C=O) groups is 1. The number of hydrogen-bond donors (Lipinski definition) is 0.